The molecule has 2 fully saturated rings. The minimum Gasteiger partial charge on any atom is -0.372 e. The Morgan fingerprint density at radius 1 is 1.07 bits per heavy atom. The molecule has 28 heavy (non-hydrogen) atoms. The summed E-state index contributed by atoms with van der Waals surface area (Å²) in [5.41, 5.74) is 2.32. The molecule has 2 heterocycles. The molecule has 6 heteroatoms. The Morgan fingerprint density at radius 2 is 1.68 bits per heavy atom. The fourth-order valence-electron chi connectivity index (χ4n) is 4.12. The normalized spacial score (nSPS) is 24.2. The van der Waals surface area contributed by atoms with Gasteiger partial charge in [0.15, 0.2) is 0 Å². The number of ether oxygens (including phenoxy) is 1. The molecule has 2 aliphatic heterocycles. The zero-order valence-corrected chi connectivity index (χ0v) is 17.3. The molecule has 2 aliphatic rings. The van der Waals surface area contributed by atoms with Gasteiger partial charge in [0.25, 0.3) is 0 Å². The Bertz CT molecular complexity index is 658. The maximum atomic E-state index is 12.8. The van der Waals surface area contributed by atoms with Crippen molar-refractivity contribution >= 4 is 11.8 Å². The van der Waals surface area contributed by atoms with E-state index in [4.69, 9.17) is 4.74 Å². The molecule has 1 aromatic carbocycles. The lowest BCUT2D eigenvalue weighted by Gasteiger charge is -2.39. The van der Waals surface area contributed by atoms with E-state index in [1.54, 1.807) is 0 Å². The van der Waals surface area contributed by atoms with Crippen molar-refractivity contribution in [2.24, 2.45) is 5.92 Å². The highest BCUT2D eigenvalue weighted by atomic mass is 16.5. The number of benzene rings is 1. The summed E-state index contributed by atoms with van der Waals surface area (Å²) in [5, 5.41) is 2.99. The first kappa shape index (κ1) is 20.8. The lowest BCUT2D eigenvalue weighted by Crippen LogP contribution is -2.51. The van der Waals surface area contributed by atoms with Crippen molar-refractivity contribution < 1.29 is 14.3 Å². The second kappa shape index (κ2) is 9.52. The Hall–Kier alpha value is -1.92. The minimum atomic E-state index is 0.0428. The molecule has 0 aromatic heterocycles. The molecule has 0 aliphatic carbocycles. The van der Waals surface area contributed by atoms with Crippen molar-refractivity contribution in [3.63, 3.8) is 0 Å². The molecule has 0 saturated carbocycles. The van der Waals surface area contributed by atoms with Gasteiger partial charge in [-0.15, -0.1) is 0 Å². The zero-order chi connectivity index (χ0) is 20.1. The predicted molar refractivity (Wildman–Crippen MR) is 109 cm³/mol. The van der Waals surface area contributed by atoms with Crippen LogP contribution in [-0.2, 0) is 20.9 Å². The fraction of sp³-hybridized carbons (Fsp3) is 0.636. The summed E-state index contributed by atoms with van der Waals surface area (Å²) < 4.78 is 5.73. The van der Waals surface area contributed by atoms with Gasteiger partial charge in [0.2, 0.25) is 11.8 Å². The number of nitrogens with one attached hydrogen (secondary N) is 1. The van der Waals surface area contributed by atoms with Gasteiger partial charge in [0.05, 0.1) is 18.8 Å². The number of carbonyl (C=O) groups excluding carboxylic acids is 2. The first-order chi connectivity index (χ1) is 13.4. The SMILES string of the molecule is Cc1ccc(CNC(=O)CN2CCC(C(=O)N3CC(C)OC(C)C3)CC2)cc1. The smallest absolute Gasteiger partial charge is 0.234 e. The Kier molecular flexibility index (Phi) is 7.08. The maximum Gasteiger partial charge on any atom is 0.234 e. The van der Waals surface area contributed by atoms with Crippen LogP contribution in [0, 0.1) is 12.8 Å². The van der Waals surface area contributed by atoms with Gasteiger partial charge in [-0.25, -0.2) is 0 Å². The van der Waals surface area contributed by atoms with E-state index in [9.17, 15) is 9.59 Å². The highest BCUT2D eigenvalue weighted by molar-refractivity contribution is 5.79. The van der Waals surface area contributed by atoms with E-state index in [0.717, 1.165) is 31.5 Å². The van der Waals surface area contributed by atoms with Crippen LogP contribution in [0.5, 0.6) is 0 Å². The van der Waals surface area contributed by atoms with E-state index >= 15 is 0 Å². The first-order valence-electron chi connectivity index (χ1n) is 10.4. The quantitative estimate of drug-likeness (QED) is 0.839. The van der Waals surface area contributed by atoms with Crippen LogP contribution in [0.2, 0.25) is 0 Å². The highest BCUT2D eigenvalue weighted by Crippen LogP contribution is 2.22. The van der Waals surface area contributed by atoms with Crippen LogP contribution in [0.4, 0.5) is 0 Å². The average molecular weight is 388 g/mol. The van der Waals surface area contributed by atoms with Crippen LogP contribution in [0.3, 0.4) is 0 Å². The second-order valence-electron chi connectivity index (χ2n) is 8.31. The van der Waals surface area contributed by atoms with Gasteiger partial charge >= 0.3 is 0 Å². The summed E-state index contributed by atoms with van der Waals surface area (Å²) in [6.45, 7) is 10.0. The molecular weight excluding hydrogens is 354 g/mol. The molecule has 1 aromatic rings. The molecule has 6 nitrogen and oxygen atoms in total. The number of likely N-dealkylation sites (tertiary alicyclic amines) is 1. The average Bonchev–Trinajstić information content (AvgIpc) is 2.67. The maximum absolute atomic E-state index is 12.8. The Labute approximate surface area is 168 Å². The van der Waals surface area contributed by atoms with Gasteiger partial charge < -0.3 is 15.0 Å². The second-order valence-corrected chi connectivity index (χ2v) is 8.31. The molecule has 0 radical (unpaired) electrons. The standard InChI is InChI=1S/C22H33N3O3/c1-16-4-6-19(7-5-16)12-23-21(26)15-24-10-8-20(9-11-24)22(27)25-13-17(2)28-18(3)14-25/h4-7,17-18,20H,8-15H2,1-3H3,(H,23,26). The number of morpholine rings is 1. The molecule has 0 bridgehead atoms. The Balaban J connectivity index is 1.39. The largest absolute Gasteiger partial charge is 0.372 e. The van der Waals surface area contributed by atoms with Crippen molar-refractivity contribution in [2.75, 3.05) is 32.7 Å². The zero-order valence-electron chi connectivity index (χ0n) is 17.3. The number of rotatable bonds is 5. The van der Waals surface area contributed by atoms with Gasteiger partial charge in [-0.3, -0.25) is 14.5 Å². The monoisotopic (exact) mass is 387 g/mol. The third-order valence-electron chi connectivity index (χ3n) is 5.65. The number of aryl methyl sites for hydroxylation is 1. The number of amides is 2. The van der Waals surface area contributed by atoms with E-state index in [2.05, 4.69) is 29.3 Å². The number of nitrogens with zero attached hydrogens (tertiary/aromatic N) is 2. The van der Waals surface area contributed by atoms with Crippen LogP contribution in [0.1, 0.15) is 37.8 Å². The Morgan fingerprint density at radius 3 is 2.29 bits per heavy atom. The van der Waals surface area contributed by atoms with Gasteiger partial charge in [-0.1, -0.05) is 29.8 Å². The van der Waals surface area contributed by atoms with Crippen LogP contribution < -0.4 is 5.32 Å². The number of hydrogen-bond acceptors (Lipinski definition) is 4. The van der Waals surface area contributed by atoms with E-state index < -0.39 is 0 Å². The van der Waals surface area contributed by atoms with Crippen LogP contribution in [0.25, 0.3) is 0 Å². The third kappa shape index (κ3) is 5.79. The van der Waals surface area contributed by atoms with Gasteiger partial charge in [-0.2, -0.15) is 0 Å². The highest BCUT2D eigenvalue weighted by Gasteiger charge is 2.32. The third-order valence-corrected chi connectivity index (χ3v) is 5.65. The molecule has 2 atom stereocenters. The molecule has 2 amide bonds. The summed E-state index contributed by atoms with van der Waals surface area (Å²) in [4.78, 5) is 29.2. The predicted octanol–water partition coefficient (Wildman–Crippen LogP) is 1.96. The van der Waals surface area contributed by atoms with E-state index in [1.165, 1.54) is 5.56 Å². The van der Waals surface area contributed by atoms with Crippen molar-refractivity contribution in [3.8, 4) is 0 Å². The van der Waals surface area contributed by atoms with E-state index in [0.29, 0.717) is 26.2 Å². The van der Waals surface area contributed by atoms with Crippen molar-refractivity contribution in [1.82, 2.24) is 15.1 Å². The van der Waals surface area contributed by atoms with Gasteiger partial charge in [0.1, 0.15) is 0 Å². The lowest BCUT2D eigenvalue weighted by atomic mass is 9.94. The molecule has 2 saturated heterocycles. The van der Waals surface area contributed by atoms with Crippen molar-refractivity contribution in [2.45, 2.75) is 52.4 Å². The molecular formula is C22H33N3O3. The summed E-state index contributed by atoms with van der Waals surface area (Å²) in [6.07, 6.45) is 1.85. The summed E-state index contributed by atoms with van der Waals surface area (Å²) in [7, 11) is 0. The van der Waals surface area contributed by atoms with Gasteiger partial charge in [0, 0.05) is 25.6 Å². The van der Waals surface area contributed by atoms with Crippen LogP contribution in [0.15, 0.2) is 24.3 Å². The number of carbonyl (C=O) groups is 2. The topological polar surface area (TPSA) is 61.9 Å². The van der Waals surface area contributed by atoms with Gasteiger partial charge in [-0.05, 0) is 52.3 Å². The van der Waals surface area contributed by atoms with E-state index in [-0.39, 0.29) is 29.9 Å². The summed E-state index contributed by atoms with van der Waals surface area (Å²) in [6, 6.07) is 8.19. The number of hydrogen-bond donors (Lipinski definition) is 1. The van der Waals surface area contributed by atoms with Crippen LogP contribution in [-0.4, -0.2) is 66.5 Å². The first-order valence-corrected chi connectivity index (χ1v) is 10.4. The van der Waals surface area contributed by atoms with Crippen LogP contribution >= 0.6 is 0 Å². The molecule has 1 N–H and O–H groups in total. The molecule has 2 unspecified atom stereocenters. The minimum absolute atomic E-state index is 0.0428. The molecule has 154 valence electrons. The lowest BCUT2D eigenvalue weighted by molar-refractivity contribution is -0.148. The molecule has 0 spiro atoms. The summed E-state index contributed by atoms with van der Waals surface area (Å²) >= 11 is 0. The molecule has 3 rings (SSSR count). The van der Waals surface area contributed by atoms with Crippen molar-refractivity contribution in [1.29, 1.82) is 0 Å². The van der Waals surface area contributed by atoms with E-state index in [1.807, 2.05) is 30.9 Å². The summed E-state index contributed by atoms with van der Waals surface area (Å²) in [5.74, 6) is 0.371. The number of piperidine rings is 1. The van der Waals surface area contributed by atoms with Crippen molar-refractivity contribution in [3.05, 3.63) is 35.4 Å². The fourth-order valence-corrected chi connectivity index (χ4v) is 4.12.